The van der Waals surface area contributed by atoms with Crippen LogP contribution in [-0.2, 0) is 9.47 Å². The maximum absolute atomic E-state index is 5.63. The third kappa shape index (κ3) is 10.4. The summed E-state index contributed by atoms with van der Waals surface area (Å²) in [6, 6.07) is 0. The van der Waals surface area contributed by atoms with Gasteiger partial charge in [0.1, 0.15) is 0 Å². The zero-order valence-corrected chi connectivity index (χ0v) is 16.7. The van der Waals surface area contributed by atoms with Crippen LogP contribution in [0.1, 0.15) is 26.2 Å². The van der Waals surface area contributed by atoms with Gasteiger partial charge >= 0.3 is 0 Å². The van der Waals surface area contributed by atoms with Gasteiger partial charge in [0.25, 0.3) is 0 Å². The summed E-state index contributed by atoms with van der Waals surface area (Å²) in [7, 11) is 0. The number of morpholine rings is 1. The molecule has 0 amide bonds. The summed E-state index contributed by atoms with van der Waals surface area (Å²) in [5.41, 5.74) is 0. The average molecular weight is 440 g/mol. The smallest absolute Gasteiger partial charge is 0.191 e. The second kappa shape index (κ2) is 13.2. The summed E-state index contributed by atoms with van der Waals surface area (Å²) in [5, 5.41) is 6.70. The molecule has 0 atom stereocenters. The van der Waals surface area contributed by atoms with Crippen molar-refractivity contribution in [3.05, 3.63) is 0 Å². The van der Waals surface area contributed by atoms with Crippen molar-refractivity contribution in [3.8, 4) is 0 Å². The number of nitrogens with one attached hydrogen (secondary N) is 2. The van der Waals surface area contributed by atoms with Crippen molar-refractivity contribution in [1.29, 1.82) is 0 Å². The van der Waals surface area contributed by atoms with Gasteiger partial charge in [-0.25, -0.2) is 0 Å². The highest BCUT2D eigenvalue weighted by molar-refractivity contribution is 14.0. The fraction of sp³-hybridized carbons (Fsp3) is 0.938. The van der Waals surface area contributed by atoms with E-state index in [1.54, 1.807) is 0 Å². The van der Waals surface area contributed by atoms with Gasteiger partial charge in [-0.3, -0.25) is 9.89 Å². The van der Waals surface area contributed by atoms with Gasteiger partial charge < -0.3 is 20.1 Å². The lowest BCUT2D eigenvalue weighted by Gasteiger charge is -2.26. The number of hydrogen-bond acceptors (Lipinski definition) is 4. The molecule has 0 aromatic rings. The standard InChI is InChI=1S/C16H32N4O2.HI/c1-2-17-16(18-6-3-11-22-14-15-4-5-15)19-7-8-20-9-12-21-13-10-20;/h15H,2-14H2,1H3,(H2,17,18,19);1H. The molecule has 0 unspecified atom stereocenters. The van der Waals surface area contributed by atoms with E-state index in [0.29, 0.717) is 0 Å². The second-order valence-corrected chi connectivity index (χ2v) is 6.01. The number of guanidine groups is 1. The summed E-state index contributed by atoms with van der Waals surface area (Å²) in [6.45, 7) is 11.3. The van der Waals surface area contributed by atoms with Crippen molar-refractivity contribution in [1.82, 2.24) is 15.5 Å². The molecule has 1 aliphatic heterocycles. The summed E-state index contributed by atoms with van der Waals surface area (Å²) >= 11 is 0. The topological polar surface area (TPSA) is 58.1 Å². The van der Waals surface area contributed by atoms with Crippen LogP contribution in [0.25, 0.3) is 0 Å². The lowest BCUT2D eigenvalue weighted by molar-refractivity contribution is 0.0389. The molecular formula is C16H33IN4O2. The molecule has 0 radical (unpaired) electrons. The Hall–Kier alpha value is -0.120. The maximum Gasteiger partial charge on any atom is 0.191 e. The van der Waals surface area contributed by atoms with Crippen LogP contribution < -0.4 is 10.6 Å². The molecule has 1 heterocycles. The fourth-order valence-corrected chi connectivity index (χ4v) is 2.39. The van der Waals surface area contributed by atoms with Crippen molar-refractivity contribution in [3.63, 3.8) is 0 Å². The number of ether oxygens (including phenoxy) is 2. The lowest BCUT2D eigenvalue weighted by atomic mass is 10.4. The van der Waals surface area contributed by atoms with Crippen LogP contribution in [0.3, 0.4) is 0 Å². The number of nitrogens with zero attached hydrogens (tertiary/aromatic N) is 2. The Labute approximate surface area is 157 Å². The fourth-order valence-electron chi connectivity index (χ4n) is 2.39. The Kier molecular flexibility index (Phi) is 12.0. The zero-order chi connectivity index (χ0) is 15.5. The highest BCUT2D eigenvalue weighted by Crippen LogP contribution is 2.28. The molecule has 0 aromatic heterocycles. The third-order valence-corrected chi connectivity index (χ3v) is 3.94. The first-order valence-corrected chi connectivity index (χ1v) is 8.78. The molecule has 2 fully saturated rings. The van der Waals surface area contributed by atoms with Gasteiger partial charge in [-0.2, -0.15) is 0 Å². The summed E-state index contributed by atoms with van der Waals surface area (Å²) in [5.74, 6) is 1.76. The molecule has 0 aromatic carbocycles. The van der Waals surface area contributed by atoms with Crippen molar-refractivity contribution in [2.24, 2.45) is 10.9 Å². The van der Waals surface area contributed by atoms with Gasteiger partial charge in [0.05, 0.1) is 13.2 Å². The first-order valence-electron chi connectivity index (χ1n) is 8.78. The largest absolute Gasteiger partial charge is 0.381 e. The van der Waals surface area contributed by atoms with Gasteiger partial charge in [-0.05, 0) is 32.1 Å². The van der Waals surface area contributed by atoms with Crippen LogP contribution in [-0.4, -0.2) is 76.6 Å². The van der Waals surface area contributed by atoms with E-state index in [1.165, 1.54) is 12.8 Å². The van der Waals surface area contributed by atoms with Crippen LogP contribution >= 0.6 is 24.0 Å². The maximum atomic E-state index is 5.63. The van der Waals surface area contributed by atoms with E-state index in [-0.39, 0.29) is 24.0 Å². The molecule has 1 saturated heterocycles. The molecular weight excluding hydrogens is 407 g/mol. The number of hydrogen-bond donors (Lipinski definition) is 2. The van der Waals surface area contributed by atoms with Crippen LogP contribution in [0, 0.1) is 5.92 Å². The van der Waals surface area contributed by atoms with Crippen LogP contribution in [0.5, 0.6) is 0 Å². The zero-order valence-electron chi connectivity index (χ0n) is 14.4. The van der Waals surface area contributed by atoms with E-state index in [2.05, 4.69) is 27.4 Å². The molecule has 1 aliphatic carbocycles. The lowest BCUT2D eigenvalue weighted by Crippen LogP contribution is -2.44. The first kappa shape index (κ1) is 20.9. The molecule has 2 aliphatic rings. The van der Waals surface area contributed by atoms with E-state index in [1.807, 2.05) is 0 Å². The SMILES string of the molecule is CCNC(=NCCCOCC1CC1)NCCN1CCOCC1.I. The van der Waals surface area contributed by atoms with E-state index in [0.717, 1.165) is 84.0 Å². The summed E-state index contributed by atoms with van der Waals surface area (Å²) in [4.78, 5) is 7.02. The highest BCUT2D eigenvalue weighted by Gasteiger charge is 2.20. The molecule has 23 heavy (non-hydrogen) atoms. The van der Waals surface area contributed by atoms with Crippen molar-refractivity contribution in [2.75, 3.05) is 65.7 Å². The minimum atomic E-state index is 0. The summed E-state index contributed by atoms with van der Waals surface area (Å²) < 4.78 is 11.0. The van der Waals surface area contributed by atoms with Gasteiger partial charge in [0, 0.05) is 52.5 Å². The molecule has 0 spiro atoms. The van der Waals surface area contributed by atoms with Crippen LogP contribution in [0.2, 0.25) is 0 Å². The Morgan fingerprint density at radius 3 is 2.74 bits per heavy atom. The van der Waals surface area contributed by atoms with Crippen LogP contribution in [0.4, 0.5) is 0 Å². The number of rotatable bonds is 10. The average Bonchev–Trinajstić information content (AvgIpc) is 3.36. The minimum absolute atomic E-state index is 0. The van der Waals surface area contributed by atoms with E-state index < -0.39 is 0 Å². The molecule has 136 valence electrons. The minimum Gasteiger partial charge on any atom is -0.381 e. The Balaban J connectivity index is 0.00000264. The molecule has 6 nitrogen and oxygen atoms in total. The molecule has 2 rings (SSSR count). The normalized spacial score (nSPS) is 19.3. The molecule has 2 N–H and O–H groups in total. The van der Waals surface area contributed by atoms with Crippen molar-refractivity contribution in [2.45, 2.75) is 26.2 Å². The summed E-state index contributed by atoms with van der Waals surface area (Å²) in [6.07, 6.45) is 3.71. The Bertz CT molecular complexity index is 321. The van der Waals surface area contributed by atoms with Crippen LogP contribution in [0.15, 0.2) is 4.99 Å². The number of halogens is 1. The highest BCUT2D eigenvalue weighted by atomic mass is 127. The van der Waals surface area contributed by atoms with E-state index in [4.69, 9.17) is 9.47 Å². The van der Waals surface area contributed by atoms with E-state index in [9.17, 15) is 0 Å². The molecule has 7 heteroatoms. The monoisotopic (exact) mass is 440 g/mol. The second-order valence-electron chi connectivity index (χ2n) is 6.01. The van der Waals surface area contributed by atoms with Crippen molar-refractivity contribution < 1.29 is 9.47 Å². The van der Waals surface area contributed by atoms with Crippen molar-refractivity contribution >= 4 is 29.9 Å². The quantitative estimate of drug-likeness (QED) is 0.232. The van der Waals surface area contributed by atoms with Gasteiger partial charge in [-0.15, -0.1) is 24.0 Å². The number of aliphatic imine (C=N–C) groups is 1. The van der Waals surface area contributed by atoms with Gasteiger partial charge in [-0.1, -0.05) is 0 Å². The Morgan fingerprint density at radius 2 is 2.04 bits per heavy atom. The Morgan fingerprint density at radius 1 is 1.26 bits per heavy atom. The predicted molar refractivity (Wildman–Crippen MR) is 105 cm³/mol. The molecule has 1 saturated carbocycles. The molecule has 0 bridgehead atoms. The third-order valence-electron chi connectivity index (χ3n) is 3.94. The predicted octanol–water partition coefficient (Wildman–Crippen LogP) is 1.31. The van der Waals surface area contributed by atoms with Gasteiger partial charge in [0.15, 0.2) is 5.96 Å². The first-order chi connectivity index (χ1) is 10.9. The van der Waals surface area contributed by atoms with Gasteiger partial charge in [0.2, 0.25) is 0 Å². The van der Waals surface area contributed by atoms with E-state index >= 15 is 0 Å².